The first kappa shape index (κ1) is 9.79. The van der Waals surface area contributed by atoms with Crippen molar-refractivity contribution in [2.75, 3.05) is 6.54 Å². The van der Waals surface area contributed by atoms with E-state index in [0.29, 0.717) is 6.04 Å². The SMILES string of the molecule is CCCCCNC1C=CCCC1. The van der Waals surface area contributed by atoms with Crippen molar-refractivity contribution in [1.29, 1.82) is 0 Å². The molecule has 1 aliphatic rings. The summed E-state index contributed by atoms with van der Waals surface area (Å²) in [5, 5.41) is 3.57. The molecule has 1 atom stereocenters. The van der Waals surface area contributed by atoms with E-state index in [4.69, 9.17) is 0 Å². The Labute approximate surface area is 76.2 Å². The van der Waals surface area contributed by atoms with Gasteiger partial charge in [0.05, 0.1) is 0 Å². The maximum atomic E-state index is 3.57. The van der Waals surface area contributed by atoms with E-state index in [1.54, 1.807) is 0 Å². The van der Waals surface area contributed by atoms with E-state index >= 15 is 0 Å². The molecule has 1 nitrogen and oxygen atoms in total. The first-order chi connectivity index (χ1) is 5.93. The van der Waals surface area contributed by atoms with Crippen LogP contribution in [0.4, 0.5) is 0 Å². The second-order valence-electron chi connectivity index (χ2n) is 3.63. The number of unbranched alkanes of at least 4 members (excludes halogenated alkanes) is 2. The molecule has 0 aromatic rings. The molecule has 1 heteroatoms. The summed E-state index contributed by atoms with van der Waals surface area (Å²) < 4.78 is 0. The molecule has 70 valence electrons. The first-order valence-corrected chi connectivity index (χ1v) is 5.33. The second kappa shape index (κ2) is 6.24. The van der Waals surface area contributed by atoms with Crippen LogP contribution in [0, 0.1) is 0 Å². The van der Waals surface area contributed by atoms with Gasteiger partial charge in [0.2, 0.25) is 0 Å². The van der Waals surface area contributed by atoms with E-state index in [1.807, 2.05) is 0 Å². The molecule has 0 saturated heterocycles. The topological polar surface area (TPSA) is 12.0 Å². The molecule has 0 aromatic carbocycles. The van der Waals surface area contributed by atoms with Gasteiger partial charge in [-0.1, -0.05) is 31.9 Å². The molecule has 1 rings (SSSR count). The number of hydrogen-bond acceptors (Lipinski definition) is 1. The fourth-order valence-electron chi connectivity index (χ4n) is 1.64. The lowest BCUT2D eigenvalue weighted by molar-refractivity contribution is 0.507. The third-order valence-electron chi connectivity index (χ3n) is 2.44. The molecule has 0 aliphatic heterocycles. The molecular weight excluding hydrogens is 146 g/mol. The Morgan fingerprint density at radius 1 is 1.42 bits per heavy atom. The van der Waals surface area contributed by atoms with Crippen LogP contribution in [0.25, 0.3) is 0 Å². The van der Waals surface area contributed by atoms with Crippen LogP contribution in [0.5, 0.6) is 0 Å². The summed E-state index contributed by atoms with van der Waals surface area (Å²) in [5.41, 5.74) is 0. The van der Waals surface area contributed by atoms with E-state index in [9.17, 15) is 0 Å². The van der Waals surface area contributed by atoms with Gasteiger partial charge in [-0.15, -0.1) is 0 Å². The minimum atomic E-state index is 0.676. The molecule has 0 radical (unpaired) electrons. The molecule has 1 unspecified atom stereocenters. The van der Waals surface area contributed by atoms with Gasteiger partial charge in [0.25, 0.3) is 0 Å². The maximum absolute atomic E-state index is 3.57. The summed E-state index contributed by atoms with van der Waals surface area (Å²) in [6.07, 6.45) is 12.6. The molecule has 12 heavy (non-hydrogen) atoms. The van der Waals surface area contributed by atoms with Crippen molar-refractivity contribution in [2.24, 2.45) is 0 Å². The van der Waals surface area contributed by atoms with Crippen LogP contribution in [0.1, 0.15) is 45.4 Å². The summed E-state index contributed by atoms with van der Waals surface area (Å²) in [4.78, 5) is 0. The van der Waals surface area contributed by atoms with Crippen LogP contribution in [0.15, 0.2) is 12.2 Å². The minimum Gasteiger partial charge on any atom is -0.311 e. The van der Waals surface area contributed by atoms with Gasteiger partial charge in [0.1, 0.15) is 0 Å². The van der Waals surface area contributed by atoms with Crippen LogP contribution in [-0.2, 0) is 0 Å². The predicted molar refractivity (Wildman–Crippen MR) is 54.3 cm³/mol. The van der Waals surface area contributed by atoms with E-state index in [2.05, 4.69) is 24.4 Å². The van der Waals surface area contributed by atoms with E-state index in [-0.39, 0.29) is 0 Å². The van der Waals surface area contributed by atoms with Crippen molar-refractivity contribution in [2.45, 2.75) is 51.5 Å². The predicted octanol–water partition coefficient (Wildman–Crippen LogP) is 2.87. The van der Waals surface area contributed by atoms with Crippen molar-refractivity contribution >= 4 is 0 Å². The average Bonchev–Trinajstić information content (AvgIpc) is 2.14. The smallest absolute Gasteiger partial charge is 0.0250 e. The average molecular weight is 167 g/mol. The van der Waals surface area contributed by atoms with Crippen molar-refractivity contribution in [3.8, 4) is 0 Å². The molecule has 0 amide bonds. The van der Waals surface area contributed by atoms with E-state index in [1.165, 1.54) is 45.1 Å². The largest absolute Gasteiger partial charge is 0.311 e. The van der Waals surface area contributed by atoms with Gasteiger partial charge in [-0.05, 0) is 32.2 Å². The third kappa shape index (κ3) is 3.91. The lowest BCUT2D eigenvalue weighted by Crippen LogP contribution is -2.29. The Morgan fingerprint density at radius 3 is 3.00 bits per heavy atom. The fourth-order valence-corrected chi connectivity index (χ4v) is 1.64. The molecule has 0 bridgehead atoms. The molecular formula is C11H21N. The Hall–Kier alpha value is -0.300. The third-order valence-corrected chi connectivity index (χ3v) is 2.44. The second-order valence-corrected chi connectivity index (χ2v) is 3.63. The summed E-state index contributed by atoms with van der Waals surface area (Å²) in [5.74, 6) is 0. The molecule has 1 N–H and O–H groups in total. The Balaban J connectivity index is 1.98. The highest BCUT2D eigenvalue weighted by Crippen LogP contribution is 2.09. The first-order valence-electron chi connectivity index (χ1n) is 5.33. The Morgan fingerprint density at radius 2 is 2.33 bits per heavy atom. The van der Waals surface area contributed by atoms with Crippen LogP contribution >= 0.6 is 0 Å². The van der Waals surface area contributed by atoms with Gasteiger partial charge >= 0.3 is 0 Å². The highest BCUT2D eigenvalue weighted by molar-refractivity contribution is 4.97. The number of allylic oxidation sites excluding steroid dienone is 1. The number of rotatable bonds is 5. The summed E-state index contributed by atoms with van der Waals surface area (Å²) in [6.45, 7) is 3.45. The van der Waals surface area contributed by atoms with Gasteiger partial charge < -0.3 is 5.32 Å². The lowest BCUT2D eigenvalue weighted by atomic mass is 10.0. The molecule has 0 fully saturated rings. The molecule has 0 saturated carbocycles. The maximum Gasteiger partial charge on any atom is 0.0250 e. The quantitative estimate of drug-likeness (QED) is 0.490. The Kier molecular flexibility index (Phi) is 5.09. The van der Waals surface area contributed by atoms with Crippen LogP contribution < -0.4 is 5.32 Å². The van der Waals surface area contributed by atoms with Gasteiger partial charge in [-0.3, -0.25) is 0 Å². The van der Waals surface area contributed by atoms with Gasteiger partial charge in [-0.2, -0.15) is 0 Å². The van der Waals surface area contributed by atoms with Crippen LogP contribution in [-0.4, -0.2) is 12.6 Å². The molecule has 0 aromatic heterocycles. The van der Waals surface area contributed by atoms with Crippen molar-refractivity contribution in [3.63, 3.8) is 0 Å². The highest BCUT2D eigenvalue weighted by Gasteiger charge is 2.05. The highest BCUT2D eigenvalue weighted by atomic mass is 14.9. The Bertz CT molecular complexity index is 129. The zero-order chi connectivity index (χ0) is 8.65. The standard InChI is InChI=1S/C11H21N/c1-2-3-7-10-12-11-8-5-4-6-9-11/h5,8,11-12H,2-4,6-7,9-10H2,1H3. The molecule has 0 heterocycles. The van der Waals surface area contributed by atoms with Crippen molar-refractivity contribution < 1.29 is 0 Å². The molecule has 0 spiro atoms. The monoisotopic (exact) mass is 167 g/mol. The fraction of sp³-hybridized carbons (Fsp3) is 0.818. The van der Waals surface area contributed by atoms with Gasteiger partial charge in [-0.25, -0.2) is 0 Å². The summed E-state index contributed by atoms with van der Waals surface area (Å²) in [6, 6.07) is 0.676. The summed E-state index contributed by atoms with van der Waals surface area (Å²) >= 11 is 0. The normalized spacial score (nSPS) is 22.9. The zero-order valence-electron chi connectivity index (χ0n) is 8.18. The van der Waals surface area contributed by atoms with Gasteiger partial charge in [0, 0.05) is 6.04 Å². The van der Waals surface area contributed by atoms with E-state index < -0.39 is 0 Å². The number of nitrogens with one attached hydrogen (secondary N) is 1. The van der Waals surface area contributed by atoms with Crippen molar-refractivity contribution in [1.82, 2.24) is 5.32 Å². The number of hydrogen-bond donors (Lipinski definition) is 1. The minimum absolute atomic E-state index is 0.676. The van der Waals surface area contributed by atoms with Crippen LogP contribution in [0.3, 0.4) is 0 Å². The van der Waals surface area contributed by atoms with Crippen molar-refractivity contribution in [3.05, 3.63) is 12.2 Å². The molecule has 1 aliphatic carbocycles. The summed E-state index contributed by atoms with van der Waals surface area (Å²) in [7, 11) is 0. The van der Waals surface area contributed by atoms with E-state index in [0.717, 1.165) is 0 Å². The zero-order valence-corrected chi connectivity index (χ0v) is 8.18. The lowest BCUT2D eigenvalue weighted by Gasteiger charge is -2.17. The van der Waals surface area contributed by atoms with Gasteiger partial charge in [0.15, 0.2) is 0 Å². The van der Waals surface area contributed by atoms with Crippen LogP contribution in [0.2, 0.25) is 0 Å².